The number of benzene rings is 1. The van der Waals surface area contributed by atoms with Gasteiger partial charge in [-0.1, -0.05) is 32.0 Å². The van der Waals surface area contributed by atoms with E-state index in [9.17, 15) is 9.90 Å². The normalized spacial score (nSPS) is 30.6. The number of hydrogen-bond acceptors (Lipinski definition) is 3. The second-order valence-corrected chi connectivity index (χ2v) is 6.45. The van der Waals surface area contributed by atoms with Crippen LogP contribution in [0.5, 0.6) is 5.75 Å². The zero-order valence-corrected chi connectivity index (χ0v) is 11.9. The summed E-state index contributed by atoms with van der Waals surface area (Å²) < 4.78 is 5.65. The van der Waals surface area contributed by atoms with Crippen molar-refractivity contribution in [2.45, 2.75) is 38.8 Å². The highest BCUT2D eigenvalue weighted by Crippen LogP contribution is 2.40. The first kappa shape index (κ1) is 13.4. The van der Waals surface area contributed by atoms with E-state index in [4.69, 9.17) is 4.74 Å². The summed E-state index contributed by atoms with van der Waals surface area (Å²) in [5.41, 5.74) is 0.857. The maximum absolute atomic E-state index is 12.3. The number of hydrogen-bond donors (Lipinski definition) is 2. The van der Waals surface area contributed by atoms with Crippen LogP contribution in [0.4, 0.5) is 0 Å². The lowest BCUT2D eigenvalue weighted by molar-refractivity contribution is -0.134. The van der Waals surface area contributed by atoms with E-state index in [2.05, 4.69) is 5.32 Å². The van der Waals surface area contributed by atoms with Gasteiger partial charge in [-0.3, -0.25) is 4.79 Å². The van der Waals surface area contributed by atoms with Crippen molar-refractivity contribution in [1.82, 2.24) is 5.32 Å². The second kappa shape index (κ2) is 4.77. The summed E-state index contributed by atoms with van der Waals surface area (Å²) in [5.74, 6) is 0.777. The van der Waals surface area contributed by atoms with E-state index in [1.165, 1.54) is 0 Å². The van der Waals surface area contributed by atoms with Crippen molar-refractivity contribution in [2.24, 2.45) is 11.3 Å². The van der Waals surface area contributed by atoms with Gasteiger partial charge in [0, 0.05) is 11.5 Å². The third-order valence-corrected chi connectivity index (χ3v) is 4.78. The molecule has 0 radical (unpaired) electrons. The van der Waals surface area contributed by atoms with Crippen molar-refractivity contribution < 1.29 is 14.6 Å². The Morgan fingerprint density at radius 2 is 2.15 bits per heavy atom. The van der Waals surface area contributed by atoms with Gasteiger partial charge in [0.25, 0.3) is 0 Å². The molecule has 1 aliphatic heterocycles. The Balaban J connectivity index is 1.63. The molecule has 3 rings (SSSR count). The predicted molar refractivity (Wildman–Crippen MR) is 75.5 cm³/mol. The van der Waals surface area contributed by atoms with Crippen LogP contribution in [-0.4, -0.2) is 29.8 Å². The van der Waals surface area contributed by atoms with E-state index < -0.39 is 0 Å². The lowest BCUT2D eigenvalue weighted by Crippen LogP contribution is -2.62. The Kier molecular flexibility index (Phi) is 3.21. The Morgan fingerprint density at radius 1 is 1.40 bits per heavy atom. The molecule has 2 N–H and O–H groups in total. The minimum Gasteiger partial charge on any atom is -0.492 e. The zero-order valence-electron chi connectivity index (χ0n) is 11.9. The van der Waals surface area contributed by atoms with Gasteiger partial charge in [0.05, 0.1) is 12.0 Å². The Bertz CT molecular complexity index is 526. The van der Waals surface area contributed by atoms with Gasteiger partial charge in [0.2, 0.25) is 5.91 Å². The third-order valence-electron chi connectivity index (χ3n) is 4.78. The molecular formula is C16H21NO3. The molecule has 3 atom stereocenters. The minimum atomic E-state index is -0.323. The van der Waals surface area contributed by atoms with E-state index in [-0.39, 0.29) is 29.4 Å². The fourth-order valence-electron chi connectivity index (χ4n) is 2.93. The van der Waals surface area contributed by atoms with Crippen LogP contribution in [0.3, 0.4) is 0 Å². The third kappa shape index (κ3) is 2.18. The first-order valence-corrected chi connectivity index (χ1v) is 7.17. The van der Waals surface area contributed by atoms with Crippen LogP contribution in [-0.2, 0) is 11.2 Å². The van der Waals surface area contributed by atoms with E-state index >= 15 is 0 Å². The highest BCUT2D eigenvalue weighted by Gasteiger charge is 2.48. The number of amides is 1. The van der Waals surface area contributed by atoms with Crippen LogP contribution in [0.1, 0.15) is 25.8 Å². The molecule has 4 heteroatoms. The van der Waals surface area contributed by atoms with Gasteiger partial charge < -0.3 is 15.2 Å². The van der Waals surface area contributed by atoms with Crippen molar-refractivity contribution in [3.63, 3.8) is 0 Å². The first-order chi connectivity index (χ1) is 9.48. The smallest absolute Gasteiger partial charge is 0.227 e. The maximum Gasteiger partial charge on any atom is 0.227 e. The SMILES string of the molecule is CC1(C)C(O)CC1NC(=O)C1COc2ccccc2C1. The van der Waals surface area contributed by atoms with Crippen molar-refractivity contribution in [1.29, 1.82) is 0 Å². The summed E-state index contributed by atoms with van der Waals surface area (Å²) in [6, 6.07) is 7.91. The Morgan fingerprint density at radius 3 is 2.85 bits per heavy atom. The molecule has 1 heterocycles. The van der Waals surface area contributed by atoms with Gasteiger partial charge in [-0.2, -0.15) is 0 Å². The number of aliphatic hydroxyl groups is 1. The molecule has 108 valence electrons. The average Bonchev–Trinajstić information content (AvgIpc) is 2.46. The first-order valence-electron chi connectivity index (χ1n) is 7.17. The van der Waals surface area contributed by atoms with Gasteiger partial charge in [-0.05, 0) is 24.5 Å². The van der Waals surface area contributed by atoms with Crippen LogP contribution in [0.2, 0.25) is 0 Å². The van der Waals surface area contributed by atoms with Gasteiger partial charge >= 0.3 is 0 Å². The predicted octanol–water partition coefficient (Wildman–Crippen LogP) is 1.51. The summed E-state index contributed by atoms with van der Waals surface area (Å²) in [6.45, 7) is 4.40. The summed E-state index contributed by atoms with van der Waals surface area (Å²) in [6.07, 6.45) is 1.04. The Labute approximate surface area is 119 Å². The molecule has 0 aromatic heterocycles. The largest absolute Gasteiger partial charge is 0.492 e. The monoisotopic (exact) mass is 275 g/mol. The van der Waals surface area contributed by atoms with Gasteiger partial charge in [-0.25, -0.2) is 0 Å². The highest BCUT2D eigenvalue weighted by molar-refractivity contribution is 5.80. The lowest BCUT2D eigenvalue weighted by atomic mass is 9.64. The quantitative estimate of drug-likeness (QED) is 0.860. The van der Waals surface area contributed by atoms with Gasteiger partial charge in [0.1, 0.15) is 12.4 Å². The molecule has 1 aromatic rings. The zero-order chi connectivity index (χ0) is 14.3. The van der Waals surface area contributed by atoms with Crippen LogP contribution in [0, 0.1) is 11.3 Å². The average molecular weight is 275 g/mol. The molecule has 20 heavy (non-hydrogen) atoms. The van der Waals surface area contributed by atoms with E-state index in [1.54, 1.807) is 0 Å². The lowest BCUT2D eigenvalue weighted by Gasteiger charge is -2.49. The van der Waals surface area contributed by atoms with E-state index in [0.29, 0.717) is 13.0 Å². The number of fused-ring (bicyclic) bond motifs is 1. The molecule has 1 amide bonds. The van der Waals surface area contributed by atoms with Crippen LogP contribution < -0.4 is 10.1 Å². The van der Waals surface area contributed by atoms with Gasteiger partial charge in [-0.15, -0.1) is 0 Å². The molecule has 1 saturated carbocycles. The van der Waals surface area contributed by atoms with Crippen LogP contribution >= 0.6 is 0 Å². The number of para-hydroxylation sites is 1. The topological polar surface area (TPSA) is 58.6 Å². The van der Waals surface area contributed by atoms with Crippen LogP contribution in [0.15, 0.2) is 24.3 Å². The molecule has 0 spiro atoms. The van der Waals surface area contributed by atoms with Crippen molar-refractivity contribution >= 4 is 5.91 Å². The summed E-state index contributed by atoms with van der Waals surface area (Å²) >= 11 is 0. The number of aliphatic hydroxyl groups excluding tert-OH is 1. The number of carbonyl (C=O) groups is 1. The molecule has 2 aliphatic rings. The number of carbonyl (C=O) groups excluding carboxylic acids is 1. The standard InChI is InChI=1S/C16H21NO3/c1-16(2)13(8-14(16)18)17-15(19)11-7-10-5-3-4-6-12(10)20-9-11/h3-6,11,13-14,18H,7-9H2,1-2H3,(H,17,19). The molecule has 4 nitrogen and oxygen atoms in total. The fraction of sp³-hybridized carbons (Fsp3) is 0.562. The van der Waals surface area contributed by atoms with Crippen molar-refractivity contribution in [2.75, 3.05) is 6.61 Å². The molecular weight excluding hydrogens is 254 g/mol. The van der Waals surface area contributed by atoms with Crippen LogP contribution in [0.25, 0.3) is 0 Å². The number of rotatable bonds is 2. The van der Waals surface area contributed by atoms with E-state index in [0.717, 1.165) is 17.7 Å². The number of ether oxygens (including phenoxy) is 1. The summed E-state index contributed by atoms with van der Waals surface area (Å²) in [7, 11) is 0. The minimum absolute atomic E-state index is 0.0319. The van der Waals surface area contributed by atoms with Crippen molar-refractivity contribution in [3.05, 3.63) is 29.8 Å². The highest BCUT2D eigenvalue weighted by atomic mass is 16.5. The van der Waals surface area contributed by atoms with E-state index in [1.807, 2.05) is 38.1 Å². The van der Waals surface area contributed by atoms with Crippen molar-refractivity contribution in [3.8, 4) is 5.75 Å². The summed E-state index contributed by atoms with van der Waals surface area (Å²) in [4.78, 5) is 12.3. The molecule has 1 aliphatic carbocycles. The summed E-state index contributed by atoms with van der Waals surface area (Å²) in [5, 5.41) is 12.8. The Hall–Kier alpha value is -1.55. The molecule has 1 aromatic carbocycles. The molecule has 0 saturated heterocycles. The number of nitrogens with one attached hydrogen (secondary N) is 1. The molecule has 1 fully saturated rings. The maximum atomic E-state index is 12.3. The second-order valence-electron chi connectivity index (χ2n) is 6.45. The fourth-order valence-corrected chi connectivity index (χ4v) is 2.93. The molecule has 0 bridgehead atoms. The van der Waals surface area contributed by atoms with Gasteiger partial charge in [0.15, 0.2) is 0 Å². The molecule has 3 unspecified atom stereocenters.